The maximum atomic E-state index is 12.3. The SMILES string of the molecule is O=C(NCC[C@H]1CCCO1)[C@H]1CC(=O)N(c2cccc(Cl)c2)C1. The van der Waals surface area contributed by atoms with Gasteiger partial charge < -0.3 is 15.0 Å². The third-order valence-electron chi connectivity index (χ3n) is 4.41. The van der Waals surface area contributed by atoms with E-state index in [4.69, 9.17) is 16.3 Å². The minimum atomic E-state index is -0.300. The van der Waals surface area contributed by atoms with Gasteiger partial charge in [0.15, 0.2) is 0 Å². The molecular formula is C17H21ClN2O3. The number of rotatable bonds is 5. The van der Waals surface area contributed by atoms with Gasteiger partial charge in [0, 0.05) is 36.8 Å². The smallest absolute Gasteiger partial charge is 0.227 e. The van der Waals surface area contributed by atoms with E-state index in [1.54, 1.807) is 23.1 Å². The largest absolute Gasteiger partial charge is 0.378 e. The monoisotopic (exact) mass is 336 g/mol. The lowest BCUT2D eigenvalue weighted by Gasteiger charge is -2.17. The van der Waals surface area contributed by atoms with Crippen LogP contribution < -0.4 is 10.2 Å². The molecule has 2 saturated heterocycles. The summed E-state index contributed by atoms with van der Waals surface area (Å²) in [7, 11) is 0. The number of anilines is 1. The highest BCUT2D eigenvalue weighted by Crippen LogP contribution is 2.27. The summed E-state index contributed by atoms with van der Waals surface area (Å²) in [4.78, 5) is 26.1. The standard InChI is InChI=1S/C17H21ClN2O3/c18-13-3-1-4-14(10-13)20-11-12(9-16(20)21)17(22)19-7-6-15-5-2-8-23-15/h1,3-4,10,12,15H,2,5-9,11H2,(H,19,22)/t12-,15+/m0/s1. The average Bonchev–Trinajstić information content (AvgIpc) is 3.16. The van der Waals surface area contributed by atoms with Gasteiger partial charge in [0.2, 0.25) is 11.8 Å². The summed E-state index contributed by atoms with van der Waals surface area (Å²) in [6.07, 6.45) is 3.52. The van der Waals surface area contributed by atoms with Crippen molar-refractivity contribution in [1.29, 1.82) is 0 Å². The fraction of sp³-hybridized carbons (Fsp3) is 0.529. The second-order valence-corrected chi connectivity index (χ2v) is 6.54. The lowest BCUT2D eigenvalue weighted by molar-refractivity contribution is -0.126. The number of carbonyl (C=O) groups excluding carboxylic acids is 2. The normalized spacial score (nSPS) is 24.2. The molecule has 2 amide bonds. The van der Waals surface area contributed by atoms with Crippen LogP contribution in [0, 0.1) is 5.92 Å². The minimum Gasteiger partial charge on any atom is -0.378 e. The van der Waals surface area contributed by atoms with Gasteiger partial charge in [-0.15, -0.1) is 0 Å². The summed E-state index contributed by atoms with van der Waals surface area (Å²) in [5.41, 5.74) is 0.747. The van der Waals surface area contributed by atoms with Gasteiger partial charge in [0.05, 0.1) is 12.0 Å². The molecule has 3 rings (SSSR count). The zero-order chi connectivity index (χ0) is 16.2. The average molecular weight is 337 g/mol. The third kappa shape index (κ3) is 4.03. The number of hydrogen-bond donors (Lipinski definition) is 1. The highest BCUT2D eigenvalue weighted by molar-refractivity contribution is 6.30. The molecule has 23 heavy (non-hydrogen) atoms. The Bertz CT molecular complexity index is 587. The van der Waals surface area contributed by atoms with Crippen LogP contribution in [-0.4, -0.2) is 37.6 Å². The maximum Gasteiger partial charge on any atom is 0.227 e. The Hall–Kier alpha value is -1.59. The molecule has 2 aliphatic rings. The summed E-state index contributed by atoms with van der Waals surface area (Å²) >= 11 is 5.97. The van der Waals surface area contributed by atoms with E-state index in [0.717, 1.165) is 31.6 Å². The summed E-state index contributed by atoms with van der Waals surface area (Å²) in [5.74, 6) is -0.390. The Kier molecular flexibility index (Phi) is 5.18. The number of benzene rings is 1. The molecule has 2 fully saturated rings. The Labute approximate surface area is 140 Å². The molecule has 2 aliphatic heterocycles. The van der Waals surface area contributed by atoms with Gasteiger partial charge in [-0.3, -0.25) is 9.59 Å². The first-order valence-corrected chi connectivity index (χ1v) is 8.46. The zero-order valence-corrected chi connectivity index (χ0v) is 13.7. The molecule has 1 aromatic rings. The first-order valence-electron chi connectivity index (χ1n) is 8.09. The fourth-order valence-electron chi connectivity index (χ4n) is 3.15. The van der Waals surface area contributed by atoms with Crippen molar-refractivity contribution in [2.45, 2.75) is 31.8 Å². The molecule has 2 atom stereocenters. The van der Waals surface area contributed by atoms with E-state index < -0.39 is 0 Å². The van der Waals surface area contributed by atoms with E-state index in [-0.39, 0.29) is 30.3 Å². The van der Waals surface area contributed by atoms with Gasteiger partial charge >= 0.3 is 0 Å². The van der Waals surface area contributed by atoms with Crippen molar-refractivity contribution in [1.82, 2.24) is 5.32 Å². The molecule has 0 saturated carbocycles. The number of hydrogen-bond acceptors (Lipinski definition) is 3. The van der Waals surface area contributed by atoms with Gasteiger partial charge in [-0.1, -0.05) is 17.7 Å². The molecule has 0 radical (unpaired) electrons. The molecule has 2 heterocycles. The number of amides is 2. The Morgan fingerprint density at radius 2 is 2.30 bits per heavy atom. The number of halogens is 1. The Balaban J connectivity index is 1.51. The van der Waals surface area contributed by atoms with Gasteiger partial charge in [0.25, 0.3) is 0 Å². The molecule has 6 heteroatoms. The quantitative estimate of drug-likeness (QED) is 0.898. The van der Waals surface area contributed by atoms with Crippen LogP contribution in [0.15, 0.2) is 24.3 Å². The summed E-state index contributed by atoms with van der Waals surface area (Å²) in [5, 5.41) is 3.51. The predicted octanol–water partition coefficient (Wildman–Crippen LogP) is 2.38. The lowest BCUT2D eigenvalue weighted by atomic mass is 10.1. The predicted molar refractivity (Wildman–Crippen MR) is 88.5 cm³/mol. The van der Waals surface area contributed by atoms with E-state index in [1.807, 2.05) is 6.07 Å². The molecule has 0 unspecified atom stereocenters. The minimum absolute atomic E-state index is 0.0356. The number of nitrogens with zero attached hydrogens (tertiary/aromatic N) is 1. The molecule has 1 N–H and O–H groups in total. The Morgan fingerprint density at radius 1 is 1.43 bits per heavy atom. The van der Waals surface area contributed by atoms with Crippen molar-refractivity contribution >= 4 is 29.1 Å². The van der Waals surface area contributed by atoms with Crippen LogP contribution >= 0.6 is 11.6 Å². The van der Waals surface area contributed by atoms with Crippen LogP contribution in [0.1, 0.15) is 25.7 Å². The van der Waals surface area contributed by atoms with Crippen LogP contribution in [0.4, 0.5) is 5.69 Å². The van der Waals surface area contributed by atoms with Crippen LogP contribution in [-0.2, 0) is 14.3 Å². The summed E-state index contributed by atoms with van der Waals surface area (Å²) < 4.78 is 5.54. The van der Waals surface area contributed by atoms with Gasteiger partial charge in [0.1, 0.15) is 0 Å². The van der Waals surface area contributed by atoms with Crippen LogP contribution in [0.25, 0.3) is 0 Å². The molecule has 1 aromatic carbocycles. The van der Waals surface area contributed by atoms with Crippen molar-refractivity contribution in [2.24, 2.45) is 5.92 Å². The maximum absolute atomic E-state index is 12.3. The topological polar surface area (TPSA) is 58.6 Å². The van der Waals surface area contributed by atoms with E-state index in [1.165, 1.54) is 0 Å². The summed E-state index contributed by atoms with van der Waals surface area (Å²) in [6, 6.07) is 7.15. The van der Waals surface area contributed by atoms with Crippen LogP contribution in [0.2, 0.25) is 5.02 Å². The molecule has 124 valence electrons. The van der Waals surface area contributed by atoms with Crippen LogP contribution in [0.3, 0.4) is 0 Å². The first-order chi connectivity index (χ1) is 11.1. The van der Waals surface area contributed by atoms with Crippen molar-refractivity contribution in [3.05, 3.63) is 29.3 Å². The lowest BCUT2D eigenvalue weighted by Crippen LogP contribution is -2.34. The number of nitrogens with one attached hydrogen (secondary N) is 1. The van der Waals surface area contributed by atoms with Crippen molar-refractivity contribution in [3.63, 3.8) is 0 Å². The second-order valence-electron chi connectivity index (χ2n) is 6.10. The Morgan fingerprint density at radius 3 is 3.04 bits per heavy atom. The number of carbonyl (C=O) groups is 2. The highest BCUT2D eigenvalue weighted by Gasteiger charge is 2.35. The van der Waals surface area contributed by atoms with E-state index >= 15 is 0 Å². The van der Waals surface area contributed by atoms with E-state index in [2.05, 4.69) is 5.32 Å². The first kappa shape index (κ1) is 16.3. The molecule has 0 bridgehead atoms. The van der Waals surface area contributed by atoms with Gasteiger partial charge in [-0.25, -0.2) is 0 Å². The zero-order valence-electron chi connectivity index (χ0n) is 13.0. The molecule has 0 aromatic heterocycles. The van der Waals surface area contributed by atoms with Crippen molar-refractivity contribution in [2.75, 3.05) is 24.6 Å². The van der Waals surface area contributed by atoms with E-state index in [0.29, 0.717) is 18.1 Å². The van der Waals surface area contributed by atoms with Crippen LogP contribution in [0.5, 0.6) is 0 Å². The number of ether oxygens (including phenoxy) is 1. The van der Waals surface area contributed by atoms with Gasteiger partial charge in [-0.2, -0.15) is 0 Å². The van der Waals surface area contributed by atoms with Crippen molar-refractivity contribution in [3.8, 4) is 0 Å². The summed E-state index contributed by atoms with van der Waals surface area (Å²) in [6.45, 7) is 1.83. The van der Waals surface area contributed by atoms with Crippen molar-refractivity contribution < 1.29 is 14.3 Å². The fourth-order valence-corrected chi connectivity index (χ4v) is 3.33. The highest BCUT2D eigenvalue weighted by atomic mass is 35.5. The van der Waals surface area contributed by atoms with Gasteiger partial charge in [-0.05, 0) is 37.5 Å². The molecular weight excluding hydrogens is 316 g/mol. The second kappa shape index (κ2) is 7.32. The third-order valence-corrected chi connectivity index (χ3v) is 4.64. The molecule has 0 aliphatic carbocycles. The molecule has 5 nitrogen and oxygen atoms in total. The van der Waals surface area contributed by atoms with E-state index in [9.17, 15) is 9.59 Å². The molecule has 0 spiro atoms.